The molecule has 1 aromatic heterocycles. The summed E-state index contributed by atoms with van der Waals surface area (Å²) >= 11 is 0. The number of aromatic nitrogens is 1. The second-order valence-electron chi connectivity index (χ2n) is 4.45. The molecule has 2 N–H and O–H groups in total. The highest BCUT2D eigenvalue weighted by atomic mass is 32.2. The van der Waals surface area contributed by atoms with Crippen LogP contribution in [0.1, 0.15) is 6.92 Å². The second-order valence-corrected chi connectivity index (χ2v) is 6.34. The molecule has 8 heteroatoms. The predicted octanol–water partition coefficient (Wildman–Crippen LogP) is -0.0426. The van der Waals surface area contributed by atoms with Crippen molar-refractivity contribution < 1.29 is 17.5 Å². The van der Waals surface area contributed by atoms with Gasteiger partial charge >= 0.3 is 0 Å². The molecule has 1 aliphatic heterocycles. The molecule has 6 nitrogen and oxygen atoms in total. The number of hydrogen-bond acceptors (Lipinski definition) is 5. The van der Waals surface area contributed by atoms with Gasteiger partial charge in [0, 0.05) is 25.3 Å². The molecule has 1 aliphatic rings. The zero-order chi connectivity index (χ0) is 14.0. The van der Waals surface area contributed by atoms with Crippen LogP contribution in [0.15, 0.2) is 23.4 Å². The van der Waals surface area contributed by atoms with E-state index >= 15 is 0 Å². The third-order valence-corrected chi connectivity index (χ3v) is 4.94. The molecule has 1 fully saturated rings. The first-order valence-electron chi connectivity index (χ1n) is 5.89. The summed E-state index contributed by atoms with van der Waals surface area (Å²) in [6, 6.07) is 0.637. The van der Waals surface area contributed by atoms with Crippen molar-refractivity contribution in [1.82, 2.24) is 9.29 Å². The molecule has 0 aromatic carbocycles. The van der Waals surface area contributed by atoms with Crippen LogP contribution >= 0.6 is 0 Å². The van der Waals surface area contributed by atoms with Gasteiger partial charge in [0.05, 0.1) is 18.9 Å². The Morgan fingerprint density at radius 3 is 2.95 bits per heavy atom. The van der Waals surface area contributed by atoms with Gasteiger partial charge < -0.3 is 10.5 Å². The van der Waals surface area contributed by atoms with E-state index in [1.807, 2.05) is 0 Å². The Bertz CT molecular complexity index is 552. The lowest BCUT2D eigenvalue weighted by Crippen LogP contribution is -2.52. The maximum atomic E-state index is 13.1. The summed E-state index contributed by atoms with van der Waals surface area (Å²) in [4.78, 5) is 3.42. The SMILES string of the molecule is CC1COC(CN)CN1S(=O)(=O)c1cncc(F)c1. The first kappa shape index (κ1) is 14.3. The topological polar surface area (TPSA) is 85.5 Å². The van der Waals surface area contributed by atoms with E-state index in [1.54, 1.807) is 6.92 Å². The molecule has 0 bridgehead atoms. The molecule has 0 radical (unpaired) electrons. The minimum absolute atomic E-state index is 0.156. The molecular formula is C11H16FN3O3S. The highest BCUT2D eigenvalue weighted by Crippen LogP contribution is 2.22. The van der Waals surface area contributed by atoms with Crippen LogP contribution in [0.25, 0.3) is 0 Å². The average molecular weight is 289 g/mol. The average Bonchev–Trinajstić information content (AvgIpc) is 2.39. The largest absolute Gasteiger partial charge is 0.374 e. The van der Waals surface area contributed by atoms with Gasteiger partial charge in [0.25, 0.3) is 0 Å². The van der Waals surface area contributed by atoms with Crippen LogP contribution in [0.3, 0.4) is 0 Å². The van der Waals surface area contributed by atoms with Crippen molar-refractivity contribution in [3.8, 4) is 0 Å². The van der Waals surface area contributed by atoms with Crippen LogP contribution in [-0.2, 0) is 14.8 Å². The number of nitrogens with zero attached hydrogens (tertiary/aromatic N) is 2. The van der Waals surface area contributed by atoms with Crippen molar-refractivity contribution in [3.63, 3.8) is 0 Å². The number of morpholine rings is 1. The van der Waals surface area contributed by atoms with Crippen LogP contribution in [-0.4, -0.2) is 49.5 Å². The Morgan fingerprint density at radius 2 is 2.32 bits per heavy atom. The minimum atomic E-state index is -3.78. The zero-order valence-corrected chi connectivity index (χ0v) is 11.3. The number of nitrogens with two attached hydrogens (primary N) is 1. The normalized spacial score (nSPS) is 25.4. The molecule has 0 aliphatic carbocycles. The summed E-state index contributed by atoms with van der Waals surface area (Å²) in [6.45, 7) is 2.40. The molecule has 2 heterocycles. The molecule has 0 amide bonds. The molecule has 1 aromatic rings. The summed E-state index contributed by atoms with van der Waals surface area (Å²) in [5.41, 5.74) is 5.50. The van der Waals surface area contributed by atoms with E-state index < -0.39 is 15.8 Å². The molecule has 2 unspecified atom stereocenters. The molecule has 1 saturated heterocycles. The molecule has 19 heavy (non-hydrogen) atoms. The van der Waals surface area contributed by atoms with E-state index in [4.69, 9.17) is 10.5 Å². The van der Waals surface area contributed by atoms with Crippen molar-refractivity contribution in [3.05, 3.63) is 24.3 Å². The Balaban J connectivity index is 2.32. The smallest absolute Gasteiger partial charge is 0.245 e. The first-order valence-corrected chi connectivity index (χ1v) is 7.33. The fourth-order valence-corrected chi connectivity index (χ4v) is 3.56. The van der Waals surface area contributed by atoms with Crippen molar-refractivity contribution in [1.29, 1.82) is 0 Å². The van der Waals surface area contributed by atoms with E-state index in [-0.39, 0.29) is 36.7 Å². The van der Waals surface area contributed by atoms with E-state index in [1.165, 1.54) is 4.31 Å². The number of halogens is 1. The number of hydrogen-bond donors (Lipinski definition) is 1. The van der Waals surface area contributed by atoms with Gasteiger partial charge in [-0.25, -0.2) is 12.8 Å². The van der Waals surface area contributed by atoms with Gasteiger partial charge in [-0.3, -0.25) is 4.98 Å². The third-order valence-electron chi connectivity index (χ3n) is 3.00. The van der Waals surface area contributed by atoms with Gasteiger partial charge in [-0.05, 0) is 13.0 Å². The highest BCUT2D eigenvalue weighted by molar-refractivity contribution is 7.89. The lowest BCUT2D eigenvalue weighted by molar-refractivity contribution is -0.0219. The van der Waals surface area contributed by atoms with Crippen molar-refractivity contribution >= 4 is 10.0 Å². The van der Waals surface area contributed by atoms with Crippen LogP contribution in [0.2, 0.25) is 0 Å². The molecule has 2 rings (SSSR count). The minimum Gasteiger partial charge on any atom is -0.374 e. The van der Waals surface area contributed by atoms with Crippen molar-refractivity contribution in [2.75, 3.05) is 19.7 Å². The maximum Gasteiger partial charge on any atom is 0.245 e. The lowest BCUT2D eigenvalue weighted by Gasteiger charge is -2.36. The molecule has 0 spiro atoms. The standard InChI is InChI=1S/C11H16FN3O3S/c1-8-7-18-10(3-13)6-15(8)19(16,17)11-2-9(12)4-14-5-11/h2,4-5,8,10H,3,6-7,13H2,1H3. The quantitative estimate of drug-likeness (QED) is 0.843. The molecular weight excluding hydrogens is 273 g/mol. The summed E-state index contributed by atoms with van der Waals surface area (Å²) in [6.07, 6.45) is 1.76. The maximum absolute atomic E-state index is 13.1. The Labute approximate surface area is 111 Å². The number of pyridine rings is 1. The third kappa shape index (κ3) is 2.92. The monoisotopic (exact) mass is 289 g/mol. The summed E-state index contributed by atoms with van der Waals surface area (Å²) in [5.74, 6) is -0.683. The summed E-state index contributed by atoms with van der Waals surface area (Å²) in [7, 11) is -3.78. The van der Waals surface area contributed by atoms with E-state index in [0.717, 1.165) is 18.5 Å². The molecule has 2 atom stereocenters. The summed E-state index contributed by atoms with van der Waals surface area (Å²) < 4.78 is 44.7. The van der Waals surface area contributed by atoms with Crippen molar-refractivity contribution in [2.45, 2.75) is 24.0 Å². The molecule has 0 saturated carbocycles. The number of ether oxygens (including phenoxy) is 1. The van der Waals surface area contributed by atoms with E-state index in [2.05, 4.69) is 4.98 Å². The van der Waals surface area contributed by atoms with E-state index in [9.17, 15) is 12.8 Å². The number of rotatable bonds is 3. The van der Waals surface area contributed by atoms with E-state index in [0.29, 0.717) is 0 Å². The fourth-order valence-electron chi connectivity index (χ4n) is 1.94. The predicted molar refractivity (Wildman–Crippen MR) is 66.3 cm³/mol. The number of sulfonamides is 1. The van der Waals surface area contributed by atoms with Gasteiger partial charge in [-0.2, -0.15) is 4.31 Å². The lowest BCUT2D eigenvalue weighted by atomic mass is 10.2. The van der Waals surface area contributed by atoms with Gasteiger partial charge in [-0.1, -0.05) is 0 Å². The van der Waals surface area contributed by atoms with Gasteiger partial charge in [0.1, 0.15) is 10.7 Å². The van der Waals surface area contributed by atoms with Crippen LogP contribution in [0.5, 0.6) is 0 Å². The van der Waals surface area contributed by atoms with Crippen molar-refractivity contribution in [2.24, 2.45) is 5.73 Å². The summed E-state index contributed by atoms with van der Waals surface area (Å²) in [5, 5.41) is 0. The Morgan fingerprint density at radius 1 is 1.58 bits per heavy atom. The fraction of sp³-hybridized carbons (Fsp3) is 0.545. The van der Waals surface area contributed by atoms with Crippen LogP contribution in [0.4, 0.5) is 4.39 Å². The van der Waals surface area contributed by atoms with Gasteiger partial charge in [0.2, 0.25) is 10.0 Å². The van der Waals surface area contributed by atoms with Crippen LogP contribution < -0.4 is 5.73 Å². The van der Waals surface area contributed by atoms with Gasteiger partial charge in [0.15, 0.2) is 0 Å². The highest BCUT2D eigenvalue weighted by Gasteiger charge is 2.35. The second kappa shape index (κ2) is 5.49. The first-order chi connectivity index (χ1) is 8.95. The Kier molecular flexibility index (Phi) is 4.14. The zero-order valence-electron chi connectivity index (χ0n) is 10.5. The molecule has 106 valence electrons. The van der Waals surface area contributed by atoms with Gasteiger partial charge in [-0.15, -0.1) is 0 Å². The Hall–Kier alpha value is -1.09. The van der Waals surface area contributed by atoms with Crippen LogP contribution in [0, 0.1) is 5.82 Å².